The normalized spacial score (nSPS) is 12.7. The molecule has 0 radical (unpaired) electrons. The fourth-order valence-corrected chi connectivity index (χ4v) is 10.1. The molecular weight excluding hydrogens is 763 g/mol. The highest BCUT2D eigenvalue weighted by Crippen LogP contribution is 2.53. The van der Waals surface area contributed by atoms with E-state index in [0.29, 0.717) is 17.5 Å². The third kappa shape index (κ3) is 6.00. The van der Waals surface area contributed by atoms with Crippen LogP contribution >= 0.6 is 0 Å². The SMILES string of the molecule is CC1(C)c2ccccc2-c2c(-c3ccccc3-c3nc(-c4ccc(-c5c6ccccc6cc6c5ccc5ccccc56)cc4)nc(-c4ccccc4-c4ccccc4)n3)cccc21. The Bertz CT molecular complexity index is 3590. The minimum absolute atomic E-state index is 0.121. The number of hydrogen-bond acceptors (Lipinski definition) is 3. The fraction of sp³-hybridized carbons (Fsp3) is 0.0500. The van der Waals surface area contributed by atoms with Gasteiger partial charge < -0.3 is 0 Å². The molecule has 1 aliphatic carbocycles. The number of rotatable bonds is 6. The van der Waals surface area contributed by atoms with Gasteiger partial charge in [-0.25, -0.2) is 15.0 Å². The quantitative estimate of drug-likeness (QED) is 0.124. The Morgan fingerprint density at radius 3 is 1.59 bits per heavy atom. The molecule has 3 heteroatoms. The molecule has 296 valence electrons. The van der Waals surface area contributed by atoms with Crippen LogP contribution in [0.25, 0.3) is 111 Å². The minimum atomic E-state index is -0.121. The van der Waals surface area contributed by atoms with E-state index in [9.17, 15) is 0 Å². The molecule has 0 aliphatic heterocycles. The van der Waals surface area contributed by atoms with E-state index in [4.69, 9.17) is 15.0 Å². The highest BCUT2D eigenvalue weighted by atomic mass is 15.0. The summed E-state index contributed by atoms with van der Waals surface area (Å²) in [6.07, 6.45) is 0. The van der Waals surface area contributed by atoms with Crippen LogP contribution in [0, 0.1) is 0 Å². The maximum Gasteiger partial charge on any atom is 0.164 e. The average Bonchev–Trinajstić information content (AvgIpc) is 3.59. The Labute approximate surface area is 367 Å². The monoisotopic (exact) mass is 803 g/mol. The van der Waals surface area contributed by atoms with Crippen molar-refractivity contribution in [3.63, 3.8) is 0 Å². The molecule has 0 N–H and O–H groups in total. The molecule has 0 bridgehead atoms. The Kier molecular flexibility index (Phi) is 8.52. The molecular formula is C60H41N3. The van der Waals surface area contributed by atoms with Crippen molar-refractivity contribution in [2.24, 2.45) is 0 Å². The van der Waals surface area contributed by atoms with Crippen LogP contribution in [-0.4, -0.2) is 15.0 Å². The van der Waals surface area contributed by atoms with E-state index >= 15 is 0 Å². The zero-order chi connectivity index (χ0) is 42.1. The molecule has 0 saturated carbocycles. The van der Waals surface area contributed by atoms with Crippen LogP contribution in [0.15, 0.2) is 212 Å². The van der Waals surface area contributed by atoms with Crippen LogP contribution in [0.5, 0.6) is 0 Å². The van der Waals surface area contributed by atoms with Crippen LogP contribution < -0.4 is 0 Å². The molecule has 1 heterocycles. The largest absolute Gasteiger partial charge is 0.208 e. The van der Waals surface area contributed by atoms with Crippen molar-refractivity contribution >= 4 is 32.3 Å². The van der Waals surface area contributed by atoms with Crippen molar-refractivity contribution in [3.8, 4) is 78.7 Å². The third-order valence-electron chi connectivity index (χ3n) is 13.2. The highest BCUT2D eigenvalue weighted by molar-refractivity contribution is 6.20. The van der Waals surface area contributed by atoms with Gasteiger partial charge in [0, 0.05) is 22.1 Å². The molecule has 1 aliphatic rings. The lowest BCUT2D eigenvalue weighted by Crippen LogP contribution is -2.14. The Morgan fingerprint density at radius 1 is 0.286 bits per heavy atom. The summed E-state index contributed by atoms with van der Waals surface area (Å²) in [5.41, 5.74) is 14.8. The molecule has 0 saturated heterocycles. The molecule has 3 nitrogen and oxygen atoms in total. The van der Waals surface area contributed by atoms with Crippen molar-refractivity contribution in [1.82, 2.24) is 15.0 Å². The van der Waals surface area contributed by atoms with Crippen LogP contribution in [-0.2, 0) is 5.41 Å². The van der Waals surface area contributed by atoms with Crippen molar-refractivity contribution in [2.45, 2.75) is 19.3 Å². The minimum Gasteiger partial charge on any atom is -0.208 e. The smallest absolute Gasteiger partial charge is 0.164 e. The molecule has 0 unspecified atom stereocenters. The first-order valence-electron chi connectivity index (χ1n) is 21.7. The van der Waals surface area contributed by atoms with E-state index in [1.54, 1.807) is 0 Å². The maximum atomic E-state index is 5.37. The topological polar surface area (TPSA) is 38.7 Å². The van der Waals surface area contributed by atoms with Gasteiger partial charge in [-0.1, -0.05) is 220 Å². The molecule has 10 aromatic carbocycles. The lowest BCUT2D eigenvalue weighted by molar-refractivity contribution is 0.660. The maximum absolute atomic E-state index is 5.37. The lowest BCUT2D eigenvalue weighted by Gasteiger charge is -2.21. The molecule has 0 fully saturated rings. The van der Waals surface area contributed by atoms with E-state index in [1.807, 2.05) is 0 Å². The second kappa shape index (κ2) is 14.6. The van der Waals surface area contributed by atoms with E-state index < -0.39 is 0 Å². The van der Waals surface area contributed by atoms with Gasteiger partial charge in [-0.05, 0) is 94.0 Å². The zero-order valence-electron chi connectivity index (χ0n) is 35.0. The predicted molar refractivity (Wildman–Crippen MR) is 263 cm³/mol. The Morgan fingerprint density at radius 2 is 0.825 bits per heavy atom. The number of hydrogen-bond donors (Lipinski definition) is 0. The van der Waals surface area contributed by atoms with E-state index in [0.717, 1.165) is 38.9 Å². The lowest BCUT2D eigenvalue weighted by atomic mass is 9.82. The summed E-state index contributed by atoms with van der Waals surface area (Å²) in [5.74, 6) is 1.88. The molecule has 0 amide bonds. The fourth-order valence-electron chi connectivity index (χ4n) is 10.1. The van der Waals surface area contributed by atoms with Crippen molar-refractivity contribution < 1.29 is 0 Å². The molecule has 0 atom stereocenters. The summed E-state index contributed by atoms with van der Waals surface area (Å²) in [6, 6.07) is 76.1. The van der Waals surface area contributed by atoms with Gasteiger partial charge in [0.25, 0.3) is 0 Å². The number of aromatic nitrogens is 3. The van der Waals surface area contributed by atoms with Gasteiger partial charge in [0.2, 0.25) is 0 Å². The number of fused-ring (bicyclic) bond motifs is 7. The third-order valence-corrected chi connectivity index (χ3v) is 13.2. The highest BCUT2D eigenvalue weighted by Gasteiger charge is 2.37. The van der Waals surface area contributed by atoms with Crippen LogP contribution in [0.4, 0.5) is 0 Å². The van der Waals surface area contributed by atoms with Crippen molar-refractivity contribution in [2.75, 3.05) is 0 Å². The van der Waals surface area contributed by atoms with E-state index in [1.165, 1.54) is 65.7 Å². The molecule has 11 aromatic rings. The summed E-state index contributed by atoms with van der Waals surface area (Å²) in [5, 5.41) is 7.43. The van der Waals surface area contributed by atoms with Crippen molar-refractivity contribution in [1.29, 1.82) is 0 Å². The van der Waals surface area contributed by atoms with Gasteiger partial charge in [-0.15, -0.1) is 0 Å². The molecule has 63 heavy (non-hydrogen) atoms. The van der Waals surface area contributed by atoms with Crippen molar-refractivity contribution in [3.05, 3.63) is 223 Å². The van der Waals surface area contributed by atoms with Gasteiger partial charge in [0.05, 0.1) is 0 Å². The predicted octanol–water partition coefficient (Wildman–Crippen LogP) is 15.6. The molecule has 1 aromatic heterocycles. The zero-order valence-corrected chi connectivity index (χ0v) is 35.0. The van der Waals surface area contributed by atoms with Crippen LogP contribution in [0.1, 0.15) is 25.0 Å². The summed E-state index contributed by atoms with van der Waals surface area (Å²) in [6.45, 7) is 4.66. The second-order valence-corrected chi connectivity index (χ2v) is 17.1. The first-order valence-corrected chi connectivity index (χ1v) is 21.7. The summed E-state index contributed by atoms with van der Waals surface area (Å²) in [4.78, 5) is 16.1. The first kappa shape index (κ1) is 36.8. The van der Waals surface area contributed by atoms with Gasteiger partial charge in [-0.3, -0.25) is 0 Å². The standard InChI is InChI=1S/C60H41N3/c1-60(2)53-29-15-14-27-51(53)56-47(28-16-30-54(56)60)46-24-11-13-26-50(46)59-62-57(61-58(63-59)49-25-12-10-21-43(49)38-17-4-3-5-18-38)41-33-31-40(32-34-41)55-45-23-9-7-20-42(45)37-52-44-22-8-6-19-39(44)35-36-48(52)55/h3-37H,1-2H3. The summed E-state index contributed by atoms with van der Waals surface area (Å²) in [7, 11) is 0. The first-order chi connectivity index (χ1) is 31.0. The second-order valence-electron chi connectivity index (χ2n) is 17.1. The van der Waals surface area contributed by atoms with Gasteiger partial charge >= 0.3 is 0 Å². The van der Waals surface area contributed by atoms with E-state index in [-0.39, 0.29) is 5.41 Å². The van der Waals surface area contributed by atoms with Crippen LogP contribution in [0.2, 0.25) is 0 Å². The number of benzene rings is 10. The van der Waals surface area contributed by atoms with Gasteiger partial charge in [0.1, 0.15) is 0 Å². The molecule has 12 rings (SSSR count). The van der Waals surface area contributed by atoms with Crippen LogP contribution in [0.3, 0.4) is 0 Å². The Hall–Kier alpha value is -8.01. The molecule has 0 spiro atoms. The summed E-state index contributed by atoms with van der Waals surface area (Å²) < 4.78 is 0. The van der Waals surface area contributed by atoms with E-state index in [2.05, 4.69) is 226 Å². The van der Waals surface area contributed by atoms with Gasteiger partial charge in [-0.2, -0.15) is 0 Å². The van der Waals surface area contributed by atoms with Gasteiger partial charge in [0.15, 0.2) is 17.5 Å². The summed E-state index contributed by atoms with van der Waals surface area (Å²) >= 11 is 0. The average molecular weight is 804 g/mol. The number of nitrogens with zero attached hydrogens (tertiary/aromatic N) is 3. The Balaban J connectivity index is 1.06.